The molecule has 4 nitrogen and oxygen atoms in total. The van der Waals surface area contributed by atoms with Crippen LogP contribution in [-0.2, 0) is 0 Å². The number of hydrogen-bond acceptors (Lipinski definition) is 4. The average Bonchev–Trinajstić information content (AvgIpc) is 2.94. The van der Waals surface area contributed by atoms with Crippen LogP contribution in [0.5, 0.6) is 11.5 Å². The summed E-state index contributed by atoms with van der Waals surface area (Å²) in [5.41, 5.74) is 1.12. The highest BCUT2D eigenvalue weighted by Gasteiger charge is 2.19. The minimum absolute atomic E-state index is 0.0439. The molecule has 210 valence electrons. The third kappa shape index (κ3) is 8.81. The van der Waals surface area contributed by atoms with Gasteiger partial charge in [-0.25, -0.2) is 4.39 Å². The minimum atomic E-state index is -1.47. The van der Waals surface area contributed by atoms with Gasteiger partial charge >= 0.3 is 0 Å². The topological polar surface area (TPSA) is 58.6 Å². The molecular formula is C33H39F2O4-. The van der Waals surface area contributed by atoms with Gasteiger partial charge in [0.2, 0.25) is 5.82 Å². The Morgan fingerprint density at radius 2 is 1.26 bits per heavy atom. The number of unbranched alkanes of at least 4 members (excludes halogenated alkanes) is 8. The van der Waals surface area contributed by atoms with E-state index in [2.05, 4.69) is 13.8 Å². The van der Waals surface area contributed by atoms with Crippen molar-refractivity contribution in [2.75, 3.05) is 13.2 Å². The van der Waals surface area contributed by atoms with E-state index in [0.717, 1.165) is 56.3 Å². The summed E-state index contributed by atoms with van der Waals surface area (Å²) in [4.78, 5) is 11.8. The number of carboxylic acid groups (broad SMARTS) is 1. The molecule has 0 saturated heterocycles. The van der Waals surface area contributed by atoms with E-state index in [1.54, 1.807) is 12.1 Å². The Kier molecular flexibility index (Phi) is 12.3. The molecule has 0 aromatic heterocycles. The van der Waals surface area contributed by atoms with E-state index >= 15 is 4.39 Å². The smallest absolute Gasteiger partial charge is 0.201 e. The van der Waals surface area contributed by atoms with Crippen LogP contribution in [0.4, 0.5) is 8.78 Å². The Morgan fingerprint density at radius 3 is 1.87 bits per heavy atom. The molecule has 0 unspecified atom stereocenters. The third-order valence-corrected chi connectivity index (χ3v) is 6.79. The predicted octanol–water partition coefficient (Wildman–Crippen LogP) is 8.36. The Morgan fingerprint density at radius 1 is 0.667 bits per heavy atom. The van der Waals surface area contributed by atoms with E-state index in [0.29, 0.717) is 12.2 Å². The summed E-state index contributed by atoms with van der Waals surface area (Å²) < 4.78 is 41.4. The molecule has 6 heteroatoms. The molecule has 0 heterocycles. The van der Waals surface area contributed by atoms with E-state index in [4.69, 9.17) is 9.47 Å². The zero-order valence-electron chi connectivity index (χ0n) is 23.1. The molecule has 0 spiro atoms. The molecule has 0 aliphatic carbocycles. The summed E-state index contributed by atoms with van der Waals surface area (Å²) in [6.07, 6.45) is 10.8. The van der Waals surface area contributed by atoms with Gasteiger partial charge in [-0.1, -0.05) is 89.5 Å². The molecule has 3 aromatic carbocycles. The summed E-state index contributed by atoms with van der Waals surface area (Å²) in [7, 11) is 0. The lowest BCUT2D eigenvalue weighted by molar-refractivity contribution is -0.254. The van der Waals surface area contributed by atoms with Gasteiger partial charge in [0.1, 0.15) is 5.75 Å². The van der Waals surface area contributed by atoms with E-state index in [-0.39, 0.29) is 29.0 Å². The van der Waals surface area contributed by atoms with Crippen molar-refractivity contribution >= 4 is 5.97 Å². The molecule has 0 atom stereocenters. The Balaban J connectivity index is 1.75. The molecule has 39 heavy (non-hydrogen) atoms. The molecule has 0 bridgehead atoms. The average molecular weight is 538 g/mol. The molecule has 0 fully saturated rings. The number of carboxylic acids is 1. The molecule has 3 rings (SSSR count). The second-order valence-corrected chi connectivity index (χ2v) is 9.84. The van der Waals surface area contributed by atoms with E-state index in [9.17, 15) is 14.3 Å². The van der Waals surface area contributed by atoms with Gasteiger partial charge in [0, 0.05) is 11.1 Å². The zero-order chi connectivity index (χ0) is 28.0. The molecule has 0 aliphatic rings. The van der Waals surface area contributed by atoms with E-state index in [1.807, 2.05) is 24.3 Å². The number of hydrogen-bond donors (Lipinski definition) is 0. The van der Waals surface area contributed by atoms with Crippen LogP contribution in [0.3, 0.4) is 0 Å². The first-order valence-corrected chi connectivity index (χ1v) is 14.2. The van der Waals surface area contributed by atoms with E-state index in [1.165, 1.54) is 37.5 Å². The van der Waals surface area contributed by atoms with Gasteiger partial charge in [0.15, 0.2) is 11.6 Å². The van der Waals surface area contributed by atoms with Crippen molar-refractivity contribution in [1.29, 1.82) is 0 Å². The fraction of sp³-hybridized carbons (Fsp3) is 0.424. The first kappa shape index (κ1) is 30.1. The van der Waals surface area contributed by atoms with Crippen molar-refractivity contribution in [1.82, 2.24) is 0 Å². The van der Waals surface area contributed by atoms with Crippen LogP contribution < -0.4 is 14.6 Å². The third-order valence-electron chi connectivity index (χ3n) is 6.79. The van der Waals surface area contributed by atoms with Crippen LogP contribution in [0.2, 0.25) is 0 Å². The number of halogens is 2. The van der Waals surface area contributed by atoms with Crippen molar-refractivity contribution < 1.29 is 28.2 Å². The number of benzene rings is 3. The van der Waals surface area contributed by atoms with Crippen LogP contribution in [0, 0.1) is 11.6 Å². The van der Waals surface area contributed by atoms with Crippen LogP contribution >= 0.6 is 0 Å². The van der Waals surface area contributed by atoms with Gasteiger partial charge in [0.25, 0.3) is 0 Å². The Hall–Kier alpha value is -3.41. The number of ether oxygens (including phenoxy) is 2. The lowest BCUT2D eigenvalue weighted by Crippen LogP contribution is -2.23. The first-order valence-electron chi connectivity index (χ1n) is 14.2. The molecular weight excluding hydrogens is 498 g/mol. The van der Waals surface area contributed by atoms with Crippen molar-refractivity contribution in [3.8, 4) is 33.8 Å². The van der Waals surface area contributed by atoms with Gasteiger partial charge in [-0.05, 0) is 59.9 Å². The second-order valence-electron chi connectivity index (χ2n) is 9.84. The minimum Gasteiger partial charge on any atom is -0.545 e. The summed E-state index contributed by atoms with van der Waals surface area (Å²) in [5.74, 6) is -3.19. The first-order chi connectivity index (χ1) is 19.0. The quantitative estimate of drug-likeness (QED) is 0.162. The molecule has 0 saturated carbocycles. The highest BCUT2D eigenvalue weighted by Crippen LogP contribution is 2.35. The highest BCUT2D eigenvalue weighted by molar-refractivity contribution is 5.96. The normalized spacial score (nSPS) is 11.0. The van der Waals surface area contributed by atoms with Crippen LogP contribution in [0.1, 0.15) is 88.4 Å². The highest BCUT2D eigenvalue weighted by atomic mass is 19.2. The lowest BCUT2D eigenvalue weighted by atomic mass is 9.94. The monoisotopic (exact) mass is 537 g/mol. The maximum atomic E-state index is 15.2. The molecule has 0 N–H and O–H groups in total. The summed E-state index contributed by atoms with van der Waals surface area (Å²) >= 11 is 0. The van der Waals surface area contributed by atoms with Crippen LogP contribution in [-0.4, -0.2) is 19.2 Å². The Bertz CT molecular complexity index is 1190. The SMILES string of the molecule is CCCCCCCOc1ccc(-c2ccc(C(=O)[O-])c(-c3ccc(OCCCCCCC)c(F)c3F)c2)cc1. The largest absolute Gasteiger partial charge is 0.545 e. The number of aromatic carboxylic acids is 1. The maximum absolute atomic E-state index is 15.2. The van der Waals surface area contributed by atoms with Crippen molar-refractivity contribution in [3.63, 3.8) is 0 Å². The van der Waals surface area contributed by atoms with Gasteiger partial charge in [-0.3, -0.25) is 0 Å². The van der Waals surface area contributed by atoms with Gasteiger partial charge in [-0.2, -0.15) is 4.39 Å². The fourth-order valence-electron chi connectivity index (χ4n) is 4.50. The van der Waals surface area contributed by atoms with Crippen LogP contribution in [0.25, 0.3) is 22.3 Å². The van der Waals surface area contributed by atoms with Crippen molar-refractivity contribution in [2.45, 2.75) is 78.1 Å². The standard InChI is InChI=1S/C33H40F2O4/c1-3-5-7-9-11-21-38-26-16-13-24(14-17-26)25-15-18-28(33(36)37)29(23-25)27-19-20-30(32(35)31(27)34)39-22-12-10-8-6-4-2/h13-20,23H,3-12,21-22H2,1-2H3,(H,36,37)/p-1. The Labute approximate surface area is 231 Å². The van der Waals surface area contributed by atoms with Crippen molar-refractivity contribution in [3.05, 3.63) is 71.8 Å². The summed E-state index contributed by atoms with van der Waals surface area (Å²) in [6.45, 7) is 5.25. The summed E-state index contributed by atoms with van der Waals surface area (Å²) in [6, 6.07) is 14.7. The number of rotatable bonds is 17. The molecule has 0 aliphatic heterocycles. The van der Waals surface area contributed by atoms with Gasteiger partial charge in [0.05, 0.1) is 19.2 Å². The van der Waals surface area contributed by atoms with E-state index < -0.39 is 17.6 Å². The maximum Gasteiger partial charge on any atom is 0.201 e. The number of carbonyl (C=O) groups is 1. The predicted molar refractivity (Wildman–Crippen MR) is 150 cm³/mol. The van der Waals surface area contributed by atoms with Crippen molar-refractivity contribution in [2.24, 2.45) is 0 Å². The summed E-state index contributed by atoms with van der Waals surface area (Å²) in [5, 5.41) is 11.8. The van der Waals surface area contributed by atoms with Gasteiger partial charge < -0.3 is 19.4 Å². The molecule has 0 radical (unpaired) electrons. The van der Waals surface area contributed by atoms with Gasteiger partial charge in [-0.15, -0.1) is 0 Å². The fourth-order valence-corrected chi connectivity index (χ4v) is 4.50. The van der Waals surface area contributed by atoms with Crippen LogP contribution in [0.15, 0.2) is 54.6 Å². The zero-order valence-corrected chi connectivity index (χ0v) is 23.1. The second kappa shape index (κ2) is 15.9. The number of carbonyl (C=O) groups excluding carboxylic acids is 1. The molecule has 3 aromatic rings. The lowest BCUT2D eigenvalue weighted by Gasteiger charge is -2.16. The molecule has 0 amide bonds.